The minimum Gasteiger partial charge on any atom is -0.481 e. The van der Waals surface area contributed by atoms with Gasteiger partial charge in [-0.15, -0.1) is 0 Å². The Kier molecular flexibility index (Phi) is 5.55. The number of amides is 1. The average molecular weight is 279 g/mol. The second-order valence-corrected chi connectivity index (χ2v) is 5.89. The Morgan fingerprint density at radius 1 is 1.45 bits per heavy atom. The lowest BCUT2D eigenvalue weighted by molar-refractivity contribution is -0.142. The summed E-state index contributed by atoms with van der Waals surface area (Å²) in [6.45, 7) is 6.04. The predicted molar refractivity (Wildman–Crippen MR) is 75.9 cm³/mol. The Labute approximate surface area is 118 Å². The van der Waals surface area contributed by atoms with Gasteiger partial charge >= 0.3 is 5.97 Å². The van der Waals surface area contributed by atoms with Crippen LogP contribution in [0.15, 0.2) is 28.9 Å². The largest absolute Gasteiger partial charge is 0.481 e. The van der Waals surface area contributed by atoms with Crippen molar-refractivity contribution in [1.29, 1.82) is 0 Å². The molecule has 0 saturated carbocycles. The van der Waals surface area contributed by atoms with Crippen LogP contribution in [0.25, 0.3) is 6.08 Å². The van der Waals surface area contributed by atoms with Crippen molar-refractivity contribution in [1.82, 2.24) is 5.32 Å². The molecule has 0 fully saturated rings. The molecule has 5 heteroatoms. The van der Waals surface area contributed by atoms with Gasteiger partial charge in [-0.05, 0) is 30.0 Å². The van der Waals surface area contributed by atoms with Crippen LogP contribution in [0.4, 0.5) is 0 Å². The molecule has 1 rings (SSSR count). The molecule has 1 unspecified atom stereocenters. The number of carbonyl (C=O) groups is 2. The van der Waals surface area contributed by atoms with Crippen molar-refractivity contribution in [2.24, 2.45) is 11.3 Å². The van der Waals surface area contributed by atoms with E-state index in [0.29, 0.717) is 12.2 Å². The molecule has 0 aliphatic heterocycles. The lowest BCUT2D eigenvalue weighted by atomic mass is 9.84. The highest BCUT2D eigenvalue weighted by Crippen LogP contribution is 2.24. The van der Waals surface area contributed by atoms with E-state index in [1.807, 2.05) is 20.8 Å². The summed E-state index contributed by atoms with van der Waals surface area (Å²) in [5.74, 6) is -1.24. The molecular formula is C15H21NO4. The van der Waals surface area contributed by atoms with E-state index in [0.717, 1.165) is 0 Å². The summed E-state index contributed by atoms with van der Waals surface area (Å²) in [5.41, 5.74) is -0.0994. The van der Waals surface area contributed by atoms with Crippen molar-refractivity contribution in [2.75, 3.05) is 6.54 Å². The second-order valence-electron chi connectivity index (χ2n) is 5.89. The van der Waals surface area contributed by atoms with Crippen molar-refractivity contribution >= 4 is 18.0 Å². The Hall–Kier alpha value is -2.04. The molecule has 20 heavy (non-hydrogen) atoms. The fourth-order valence-corrected chi connectivity index (χ4v) is 1.81. The van der Waals surface area contributed by atoms with E-state index in [4.69, 9.17) is 9.52 Å². The Morgan fingerprint density at radius 3 is 2.65 bits per heavy atom. The van der Waals surface area contributed by atoms with Crippen LogP contribution in [0.5, 0.6) is 0 Å². The maximum absolute atomic E-state index is 11.6. The first-order valence-electron chi connectivity index (χ1n) is 6.50. The molecule has 0 bridgehead atoms. The number of hydrogen-bond acceptors (Lipinski definition) is 3. The monoisotopic (exact) mass is 279 g/mol. The molecule has 1 atom stereocenters. The minimum absolute atomic E-state index is 0.0994. The number of hydrogen-bond donors (Lipinski definition) is 2. The minimum atomic E-state index is -0.893. The zero-order valence-corrected chi connectivity index (χ0v) is 12.1. The van der Waals surface area contributed by atoms with Gasteiger partial charge in [0.1, 0.15) is 5.76 Å². The van der Waals surface area contributed by atoms with Gasteiger partial charge in [-0.25, -0.2) is 0 Å². The molecule has 1 heterocycles. The molecule has 0 saturated heterocycles. The zero-order chi connectivity index (χ0) is 15.2. The van der Waals surface area contributed by atoms with E-state index in [9.17, 15) is 9.59 Å². The number of carbonyl (C=O) groups excluding carboxylic acids is 1. The summed E-state index contributed by atoms with van der Waals surface area (Å²) < 4.78 is 5.05. The molecule has 0 spiro atoms. The first-order chi connectivity index (χ1) is 9.28. The Bertz CT molecular complexity index is 469. The lowest BCUT2D eigenvalue weighted by Crippen LogP contribution is -2.34. The third kappa shape index (κ3) is 6.22. The fraction of sp³-hybridized carbons (Fsp3) is 0.467. The fourth-order valence-electron chi connectivity index (χ4n) is 1.81. The highest BCUT2D eigenvalue weighted by atomic mass is 16.4. The van der Waals surface area contributed by atoms with Gasteiger partial charge in [0.05, 0.1) is 12.2 Å². The third-order valence-corrected chi connectivity index (χ3v) is 2.67. The van der Waals surface area contributed by atoms with E-state index in [1.54, 1.807) is 12.1 Å². The van der Waals surface area contributed by atoms with Crippen LogP contribution in [0.3, 0.4) is 0 Å². The molecule has 5 nitrogen and oxygen atoms in total. The zero-order valence-electron chi connectivity index (χ0n) is 12.1. The summed E-state index contributed by atoms with van der Waals surface area (Å²) in [4.78, 5) is 22.7. The first kappa shape index (κ1) is 16.0. The summed E-state index contributed by atoms with van der Waals surface area (Å²) in [5, 5.41) is 11.7. The molecule has 110 valence electrons. The lowest BCUT2D eigenvalue weighted by Gasteiger charge is -2.23. The van der Waals surface area contributed by atoms with Crippen molar-refractivity contribution in [3.8, 4) is 0 Å². The molecule has 1 aromatic rings. The Morgan fingerprint density at radius 2 is 2.15 bits per heavy atom. The quantitative estimate of drug-likeness (QED) is 0.784. The van der Waals surface area contributed by atoms with Crippen molar-refractivity contribution in [3.63, 3.8) is 0 Å². The number of aliphatic carboxylic acids is 1. The molecule has 0 aliphatic rings. The molecule has 0 aliphatic carbocycles. The van der Waals surface area contributed by atoms with Crippen LogP contribution in [-0.4, -0.2) is 23.5 Å². The second kappa shape index (κ2) is 6.93. The van der Waals surface area contributed by atoms with Gasteiger partial charge in [0, 0.05) is 12.6 Å². The van der Waals surface area contributed by atoms with Gasteiger partial charge in [0.2, 0.25) is 5.91 Å². The normalized spacial score (nSPS) is 13.3. The topological polar surface area (TPSA) is 79.5 Å². The molecule has 1 amide bonds. The van der Waals surface area contributed by atoms with E-state index < -0.39 is 11.9 Å². The van der Waals surface area contributed by atoms with Crippen LogP contribution < -0.4 is 5.32 Å². The molecule has 0 radical (unpaired) electrons. The standard InChI is InChI=1S/C15H21NO4/c1-15(2,3)9-11(14(18)19)10-16-13(17)7-6-12-5-4-8-20-12/h4-8,11H,9-10H2,1-3H3,(H,16,17)(H,18,19)/b7-6+. The van der Waals surface area contributed by atoms with Gasteiger partial charge in [0.25, 0.3) is 0 Å². The van der Waals surface area contributed by atoms with Gasteiger partial charge < -0.3 is 14.8 Å². The number of carboxylic acid groups (broad SMARTS) is 1. The van der Waals surface area contributed by atoms with E-state index >= 15 is 0 Å². The Balaban J connectivity index is 2.47. The third-order valence-electron chi connectivity index (χ3n) is 2.67. The number of nitrogens with one attached hydrogen (secondary N) is 1. The van der Waals surface area contributed by atoms with Crippen LogP contribution in [-0.2, 0) is 9.59 Å². The van der Waals surface area contributed by atoms with Gasteiger partial charge in [-0.3, -0.25) is 9.59 Å². The summed E-state index contributed by atoms with van der Waals surface area (Å²) in [7, 11) is 0. The number of carboxylic acids is 1. The number of rotatable bonds is 6. The molecule has 1 aromatic heterocycles. The van der Waals surface area contributed by atoms with Crippen molar-refractivity contribution in [3.05, 3.63) is 30.2 Å². The van der Waals surface area contributed by atoms with Crippen LogP contribution in [0.2, 0.25) is 0 Å². The molecule has 0 aromatic carbocycles. The van der Waals surface area contributed by atoms with Crippen LogP contribution >= 0.6 is 0 Å². The highest BCUT2D eigenvalue weighted by Gasteiger charge is 2.24. The maximum Gasteiger partial charge on any atom is 0.308 e. The van der Waals surface area contributed by atoms with Crippen molar-refractivity contribution < 1.29 is 19.1 Å². The van der Waals surface area contributed by atoms with Crippen LogP contribution in [0.1, 0.15) is 33.0 Å². The molecule has 2 N–H and O–H groups in total. The van der Waals surface area contributed by atoms with Gasteiger partial charge in [-0.2, -0.15) is 0 Å². The SMILES string of the molecule is CC(C)(C)CC(CNC(=O)/C=C/c1ccco1)C(=O)O. The van der Waals surface area contributed by atoms with E-state index in [1.165, 1.54) is 18.4 Å². The van der Waals surface area contributed by atoms with E-state index in [-0.39, 0.29) is 17.9 Å². The first-order valence-corrected chi connectivity index (χ1v) is 6.50. The van der Waals surface area contributed by atoms with Gasteiger partial charge in [-0.1, -0.05) is 20.8 Å². The molecular weight excluding hydrogens is 258 g/mol. The average Bonchev–Trinajstić information content (AvgIpc) is 2.83. The predicted octanol–water partition coefficient (Wildman–Crippen LogP) is 2.55. The smallest absolute Gasteiger partial charge is 0.308 e. The van der Waals surface area contributed by atoms with Crippen LogP contribution in [0, 0.1) is 11.3 Å². The summed E-state index contributed by atoms with van der Waals surface area (Å²) >= 11 is 0. The summed E-state index contributed by atoms with van der Waals surface area (Å²) in [6, 6.07) is 3.45. The highest BCUT2D eigenvalue weighted by molar-refractivity contribution is 5.91. The number of furan rings is 1. The van der Waals surface area contributed by atoms with E-state index in [2.05, 4.69) is 5.32 Å². The summed E-state index contributed by atoms with van der Waals surface area (Å²) in [6.07, 6.45) is 4.88. The van der Waals surface area contributed by atoms with Gasteiger partial charge in [0.15, 0.2) is 0 Å². The van der Waals surface area contributed by atoms with Crippen molar-refractivity contribution in [2.45, 2.75) is 27.2 Å². The maximum atomic E-state index is 11.6.